The van der Waals surface area contributed by atoms with Gasteiger partial charge in [-0.3, -0.25) is 9.59 Å². The van der Waals surface area contributed by atoms with Crippen molar-refractivity contribution in [1.82, 2.24) is 4.57 Å². The van der Waals surface area contributed by atoms with Crippen molar-refractivity contribution in [1.29, 1.82) is 0 Å². The van der Waals surface area contributed by atoms with Gasteiger partial charge in [0.25, 0.3) is 0 Å². The average molecular weight is 588 g/mol. The molecule has 0 saturated carbocycles. The summed E-state index contributed by atoms with van der Waals surface area (Å²) in [7, 11) is 1.93. The van der Waals surface area contributed by atoms with Gasteiger partial charge >= 0.3 is 5.97 Å². The van der Waals surface area contributed by atoms with Gasteiger partial charge in [-0.05, 0) is 31.7 Å². The smallest absolute Gasteiger partial charge is 0.309 e. The third kappa shape index (κ3) is 17.5. The minimum absolute atomic E-state index is 0.00330. The highest BCUT2D eigenvalue weighted by atomic mass is 16.4. The molecule has 0 bridgehead atoms. The number of carboxylic acid groups (broad SMARTS) is 1. The summed E-state index contributed by atoms with van der Waals surface area (Å²) in [6.45, 7) is 6.53. The van der Waals surface area contributed by atoms with Crippen LogP contribution in [0.1, 0.15) is 208 Å². The zero-order valence-electron chi connectivity index (χ0n) is 28.5. The number of unbranched alkanes of at least 4 members (excludes halogenated alkanes) is 23. The lowest BCUT2D eigenvalue weighted by molar-refractivity contribution is -0.136. The lowest BCUT2D eigenvalue weighted by Gasteiger charge is -2.08. The molecule has 0 aliphatic carbocycles. The number of carboxylic acids is 1. The van der Waals surface area contributed by atoms with Gasteiger partial charge in [-0.15, -0.1) is 0 Å². The van der Waals surface area contributed by atoms with Crippen LogP contribution in [0.15, 0.2) is 0 Å². The van der Waals surface area contributed by atoms with Crippen LogP contribution in [0, 0.1) is 6.92 Å². The molecule has 0 amide bonds. The van der Waals surface area contributed by atoms with Gasteiger partial charge in [-0.25, -0.2) is 0 Å². The molecule has 4 nitrogen and oxygen atoms in total. The topological polar surface area (TPSA) is 59.3 Å². The molecule has 1 heterocycles. The summed E-state index contributed by atoms with van der Waals surface area (Å²) in [5.41, 5.74) is 3.62. The van der Waals surface area contributed by atoms with Gasteiger partial charge in [0.1, 0.15) is 0 Å². The van der Waals surface area contributed by atoms with Crippen LogP contribution in [-0.4, -0.2) is 21.4 Å². The van der Waals surface area contributed by atoms with Crippen LogP contribution in [0.2, 0.25) is 0 Å². The van der Waals surface area contributed by atoms with E-state index in [1.807, 2.05) is 18.5 Å². The lowest BCUT2D eigenvalue weighted by Crippen LogP contribution is -2.08. The van der Waals surface area contributed by atoms with Crippen LogP contribution < -0.4 is 0 Å². The van der Waals surface area contributed by atoms with Crippen molar-refractivity contribution in [2.45, 2.75) is 201 Å². The number of hydrogen-bond acceptors (Lipinski definition) is 2. The molecule has 0 aromatic carbocycles. The zero-order valence-corrected chi connectivity index (χ0v) is 28.5. The Hall–Kier alpha value is -1.58. The fraction of sp³-hybridized carbons (Fsp3) is 0.842. The van der Waals surface area contributed by atoms with E-state index in [4.69, 9.17) is 0 Å². The van der Waals surface area contributed by atoms with Gasteiger partial charge < -0.3 is 9.67 Å². The van der Waals surface area contributed by atoms with Gasteiger partial charge in [0.2, 0.25) is 0 Å². The van der Waals surface area contributed by atoms with E-state index in [9.17, 15) is 14.7 Å². The molecule has 0 radical (unpaired) electrons. The highest BCUT2D eigenvalue weighted by Crippen LogP contribution is 2.27. The molecule has 42 heavy (non-hydrogen) atoms. The SMILES string of the molecule is CCCCCCCCCCCCCCCCCC(=O)c1c(CCCCCCCCCCCC)c(CC(=O)O)n(C)c1C. The standard InChI is InChI=1S/C38H69NO3/c1-5-7-9-11-13-15-17-18-19-20-21-23-25-27-29-31-36(40)38-33(3)39(4)35(32-37(41)42)34(38)30-28-26-24-22-16-14-12-10-8-6-2/h5-32H2,1-4H3,(H,41,42). The van der Waals surface area contributed by atoms with Crippen molar-refractivity contribution < 1.29 is 14.7 Å². The fourth-order valence-electron chi connectivity index (χ4n) is 6.51. The maximum absolute atomic E-state index is 13.4. The van der Waals surface area contributed by atoms with Crippen molar-refractivity contribution in [2.24, 2.45) is 7.05 Å². The van der Waals surface area contributed by atoms with Gasteiger partial charge in [-0.2, -0.15) is 0 Å². The molecule has 0 saturated heterocycles. The first-order chi connectivity index (χ1) is 20.4. The summed E-state index contributed by atoms with van der Waals surface area (Å²) in [5.74, 6) is -0.599. The summed E-state index contributed by atoms with van der Waals surface area (Å²) in [6, 6.07) is 0. The Morgan fingerprint density at radius 3 is 1.31 bits per heavy atom. The molecule has 0 aliphatic rings. The molecular formula is C38H69NO3. The number of ketones is 1. The molecule has 0 unspecified atom stereocenters. The van der Waals surface area contributed by atoms with E-state index >= 15 is 0 Å². The lowest BCUT2D eigenvalue weighted by atomic mass is 9.95. The van der Waals surface area contributed by atoms with Crippen LogP contribution in [0.25, 0.3) is 0 Å². The Kier molecular flexibility index (Phi) is 23.7. The van der Waals surface area contributed by atoms with E-state index in [-0.39, 0.29) is 12.2 Å². The van der Waals surface area contributed by atoms with E-state index in [0.717, 1.165) is 54.6 Å². The van der Waals surface area contributed by atoms with Crippen molar-refractivity contribution in [3.63, 3.8) is 0 Å². The number of aromatic nitrogens is 1. The molecular weight excluding hydrogens is 518 g/mol. The van der Waals surface area contributed by atoms with E-state index < -0.39 is 5.97 Å². The second-order valence-electron chi connectivity index (χ2n) is 13.1. The quantitative estimate of drug-likeness (QED) is 0.0719. The van der Waals surface area contributed by atoms with Gasteiger partial charge in [0.05, 0.1) is 6.42 Å². The van der Waals surface area contributed by atoms with Crippen molar-refractivity contribution >= 4 is 11.8 Å². The molecule has 0 atom stereocenters. The minimum atomic E-state index is -0.818. The van der Waals surface area contributed by atoms with Crippen molar-refractivity contribution in [3.05, 3.63) is 22.5 Å². The van der Waals surface area contributed by atoms with Gasteiger partial charge in [0.15, 0.2) is 5.78 Å². The monoisotopic (exact) mass is 588 g/mol. The second kappa shape index (κ2) is 25.9. The maximum atomic E-state index is 13.4. The Labute approximate surface area is 260 Å². The van der Waals surface area contributed by atoms with Crippen LogP contribution in [-0.2, 0) is 24.7 Å². The van der Waals surface area contributed by atoms with Crippen LogP contribution in [0.4, 0.5) is 0 Å². The third-order valence-corrected chi connectivity index (χ3v) is 9.31. The summed E-state index contributed by atoms with van der Waals surface area (Å²) < 4.78 is 1.97. The first kappa shape index (κ1) is 38.4. The minimum Gasteiger partial charge on any atom is -0.481 e. The average Bonchev–Trinajstić information content (AvgIpc) is 3.19. The molecule has 244 valence electrons. The van der Waals surface area contributed by atoms with Crippen LogP contribution >= 0.6 is 0 Å². The Morgan fingerprint density at radius 1 is 0.571 bits per heavy atom. The zero-order chi connectivity index (χ0) is 30.8. The largest absolute Gasteiger partial charge is 0.481 e. The summed E-state index contributed by atoms with van der Waals surface area (Å²) >= 11 is 0. The first-order valence-corrected chi connectivity index (χ1v) is 18.4. The van der Waals surface area contributed by atoms with E-state index in [2.05, 4.69) is 13.8 Å². The van der Waals surface area contributed by atoms with Crippen molar-refractivity contribution in [2.75, 3.05) is 0 Å². The number of nitrogens with zero attached hydrogens (tertiary/aromatic N) is 1. The Bertz CT molecular complexity index is 825. The normalized spacial score (nSPS) is 11.4. The summed E-state index contributed by atoms with van der Waals surface area (Å²) in [6.07, 6.45) is 34.0. The highest BCUT2D eigenvalue weighted by Gasteiger charge is 2.24. The predicted molar refractivity (Wildman–Crippen MR) is 181 cm³/mol. The van der Waals surface area contributed by atoms with Gasteiger partial charge in [-0.1, -0.05) is 162 Å². The molecule has 4 heteroatoms. The molecule has 0 fully saturated rings. The molecule has 1 aromatic heterocycles. The number of rotatable bonds is 30. The number of Topliss-reactive ketones (excluding diaryl/α,β-unsaturated/α-hetero) is 1. The number of aliphatic carboxylic acids is 1. The molecule has 1 rings (SSSR count). The molecule has 0 aliphatic heterocycles. The first-order valence-electron chi connectivity index (χ1n) is 18.4. The molecule has 1 N–H and O–H groups in total. The van der Waals surface area contributed by atoms with Crippen LogP contribution in [0.3, 0.4) is 0 Å². The highest BCUT2D eigenvalue weighted by molar-refractivity contribution is 5.99. The second-order valence-corrected chi connectivity index (χ2v) is 13.1. The number of hydrogen-bond donors (Lipinski definition) is 1. The number of carbonyl (C=O) groups is 2. The fourth-order valence-corrected chi connectivity index (χ4v) is 6.51. The van der Waals surface area contributed by atoms with E-state index in [0.29, 0.717) is 6.42 Å². The predicted octanol–water partition coefficient (Wildman–Crippen LogP) is 11.9. The van der Waals surface area contributed by atoms with Crippen molar-refractivity contribution in [3.8, 4) is 0 Å². The molecule has 1 aromatic rings. The van der Waals surface area contributed by atoms with E-state index in [1.54, 1.807) is 0 Å². The third-order valence-electron chi connectivity index (χ3n) is 9.31. The van der Waals surface area contributed by atoms with E-state index in [1.165, 1.54) is 135 Å². The van der Waals surface area contributed by atoms with Crippen LogP contribution in [0.5, 0.6) is 0 Å². The summed E-state index contributed by atoms with van der Waals surface area (Å²) in [5, 5.41) is 9.55. The Morgan fingerprint density at radius 2 is 0.929 bits per heavy atom. The summed E-state index contributed by atoms with van der Waals surface area (Å²) in [4.78, 5) is 25.0. The maximum Gasteiger partial charge on any atom is 0.309 e. The molecule has 0 spiro atoms. The Balaban J connectivity index is 2.35. The van der Waals surface area contributed by atoms with Gasteiger partial charge in [0, 0.05) is 30.4 Å². The number of carbonyl (C=O) groups excluding carboxylic acids is 1.